The topological polar surface area (TPSA) is 67.2 Å². The molecular weight excluding hydrogens is 456 g/mol. The number of benzene rings is 2. The van der Waals surface area contributed by atoms with E-state index < -0.39 is 0 Å². The Hall–Kier alpha value is -3.36. The van der Waals surface area contributed by atoms with Gasteiger partial charge in [-0.1, -0.05) is 18.2 Å². The van der Waals surface area contributed by atoms with E-state index >= 15 is 0 Å². The summed E-state index contributed by atoms with van der Waals surface area (Å²) in [7, 11) is 5.51. The van der Waals surface area contributed by atoms with Crippen molar-refractivity contribution in [3.05, 3.63) is 59.8 Å². The van der Waals surface area contributed by atoms with Crippen molar-refractivity contribution in [1.29, 1.82) is 0 Å². The Labute approximate surface area is 213 Å². The first-order valence-electron chi connectivity index (χ1n) is 12.5. The van der Waals surface area contributed by atoms with E-state index in [0.717, 1.165) is 47.4 Å². The third kappa shape index (κ3) is 5.55. The van der Waals surface area contributed by atoms with Crippen LogP contribution in [-0.4, -0.2) is 79.7 Å². The lowest BCUT2D eigenvalue weighted by atomic mass is 10.1. The van der Waals surface area contributed by atoms with Gasteiger partial charge >= 0.3 is 0 Å². The van der Waals surface area contributed by atoms with Gasteiger partial charge in [0.15, 0.2) is 0 Å². The molecule has 1 aliphatic heterocycles. The minimum atomic E-state index is -0.0801. The van der Waals surface area contributed by atoms with Gasteiger partial charge in [-0.15, -0.1) is 0 Å². The predicted molar refractivity (Wildman–Crippen MR) is 142 cm³/mol. The fourth-order valence-electron chi connectivity index (χ4n) is 4.80. The molecular formula is C28H36N4O4. The third-order valence-corrected chi connectivity index (χ3v) is 6.72. The predicted octanol–water partition coefficient (Wildman–Crippen LogP) is 3.53. The molecule has 1 aliphatic rings. The lowest BCUT2D eigenvalue weighted by molar-refractivity contribution is -0.122. The molecule has 36 heavy (non-hydrogen) atoms. The van der Waals surface area contributed by atoms with E-state index in [2.05, 4.69) is 11.9 Å². The van der Waals surface area contributed by atoms with Crippen LogP contribution in [0, 0.1) is 0 Å². The molecule has 0 fully saturated rings. The van der Waals surface area contributed by atoms with Crippen molar-refractivity contribution in [2.24, 2.45) is 7.05 Å². The van der Waals surface area contributed by atoms with E-state index in [1.807, 2.05) is 72.0 Å². The lowest BCUT2D eigenvalue weighted by Gasteiger charge is -2.28. The smallest absolute Gasteiger partial charge is 0.270 e. The van der Waals surface area contributed by atoms with Crippen LogP contribution in [0.5, 0.6) is 5.75 Å². The molecule has 0 saturated carbocycles. The summed E-state index contributed by atoms with van der Waals surface area (Å²) in [5, 5.41) is 0.971. The van der Waals surface area contributed by atoms with Crippen LogP contribution in [0.25, 0.3) is 10.9 Å². The zero-order chi connectivity index (χ0) is 25.7. The summed E-state index contributed by atoms with van der Waals surface area (Å²) in [6, 6.07) is 15.7. The lowest BCUT2D eigenvalue weighted by Crippen LogP contribution is -2.38. The van der Waals surface area contributed by atoms with Crippen LogP contribution in [0.4, 0.5) is 5.69 Å². The number of nitrogens with zero attached hydrogens (tertiary/aromatic N) is 4. The second kappa shape index (κ2) is 11.6. The zero-order valence-corrected chi connectivity index (χ0v) is 21.7. The third-order valence-electron chi connectivity index (χ3n) is 6.72. The van der Waals surface area contributed by atoms with Crippen molar-refractivity contribution in [1.82, 2.24) is 14.4 Å². The van der Waals surface area contributed by atoms with Gasteiger partial charge in [-0.25, -0.2) is 0 Å². The molecule has 1 aromatic heterocycles. The molecule has 0 N–H and O–H groups in total. The minimum absolute atomic E-state index is 0.0203. The van der Waals surface area contributed by atoms with E-state index in [-0.39, 0.29) is 18.4 Å². The molecule has 0 unspecified atom stereocenters. The number of aromatic nitrogens is 1. The first-order valence-corrected chi connectivity index (χ1v) is 12.5. The number of carbonyl (C=O) groups excluding carboxylic acids is 2. The summed E-state index contributed by atoms with van der Waals surface area (Å²) < 4.78 is 12.8. The number of para-hydroxylation sites is 1. The largest absolute Gasteiger partial charge is 0.494 e. The molecule has 0 aliphatic carbocycles. The maximum atomic E-state index is 13.9. The van der Waals surface area contributed by atoms with Gasteiger partial charge in [-0.2, -0.15) is 0 Å². The van der Waals surface area contributed by atoms with Gasteiger partial charge in [0.2, 0.25) is 0 Å². The maximum absolute atomic E-state index is 13.9. The summed E-state index contributed by atoms with van der Waals surface area (Å²) in [6.45, 7) is 5.74. The van der Waals surface area contributed by atoms with Gasteiger partial charge in [0, 0.05) is 56.9 Å². The molecule has 0 saturated heterocycles. The molecule has 0 radical (unpaired) electrons. The first kappa shape index (κ1) is 25.7. The van der Waals surface area contributed by atoms with Crippen LogP contribution in [0.1, 0.15) is 29.4 Å². The number of hydrogen-bond donors (Lipinski definition) is 0. The van der Waals surface area contributed by atoms with Gasteiger partial charge in [0.1, 0.15) is 18.1 Å². The minimum Gasteiger partial charge on any atom is -0.494 e. The number of methoxy groups -OCH3 is 1. The van der Waals surface area contributed by atoms with Crippen molar-refractivity contribution >= 4 is 28.4 Å². The highest BCUT2D eigenvalue weighted by Gasteiger charge is 2.25. The normalized spacial score (nSPS) is 15.4. The Morgan fingerprint density at radius 1 is 0.972 bits per heavy atom. The Kier molecular flexibility index (Phi) is 8.28. The van der Waals surface area contributed by atoms with Crippen molar-refractivity contribution in [2.45, 2.75) is 19.9 Å². The number of hydrogen-bond acceptors (Lipinski definition) is 5. The SMILES string of the molecule is CCOc1ccc2c(c1)cc(C(=O)N1CCN(C)CCCN(C(=O)COC)c3ccccc3C1)n2C. The van der Waals surface area contributed by atoms with Gasteiger partial charge in [-0.3, -0.25) is 9.59 Å². The van der Waals surface area contributed by atoms with Crippen LogP contribution in [-0.2, 0) is 23.1 Å². The van der Waals surface area contributed by atoms with Crippen LogP contribution in [0.15, 0.2) is 48.5 Å². The summed E-state index contributed by atoms with van der Waals surface area (Å²) in [4.78, 5) is 32.8. The summed E-state index contributed by atoms with van der Waals surface area (Å²) >= 11 is 0. The molecule has 8 heteroatoms. The zero-order valence-electron chi connectivity index (χ0n) is 21.7. The van der Waals surface area contributed by atoms with E-state index in [0.29, 0.717) is 31.9 Å². The average molecular weight is 493 g/mol. The molecule has 4 rings (SSSR count). The highest BCUT2D eigenvalue weighted by Crippen LogP contribution is 2.27. The second-order valence-corrected chi connectivity index (χ2v) is 9.23. The fourth-order valence-corrected chi connectivity index (χ4v) is 4.80. The van der Waals surface area contributed by atoms with Crippen molar-refractivity contribution < 1.29 is 19.1 Å². The molecule has 2 aromatic carbocycles. The number of carbonyl (C=O) groups is 2. The summed E-state index contributed by atoms with van der Waals surface area (Å²) in [5.41, 5.74) is 3.38. The number of anilines is 1. The Morgan fingerprint density at radius 3 is 2.56 bits per heavy atom. The van der Waals surface area contributed by atoms with E-state index in [4.69, 9.17) is 9.47 Å². The van der Waals surface area contributed by atoms with E-state index in [1.54, 1.807) is 4.90 Å². The Morgan fingerprint density at radius 2 is 1.78 bits per heavy atom. The van der Waals surface area contributed by atoms with Gasteiger partial charge < -0.3 is 28.7 Å². The number of aryl methyl sites for hydroxylation is 1. The number of rotatable bonds is 5. The highest BCUT2D eigenvalue weighted by molar-refractivity contribution is 5.99. The molecule has 2 amide bonds. The summed E-state index contributed by atoms with van der Waals surface area (Å²) in [6.07, 6.45) is 0.833. The molecule has 192 valence electrons. The van der Waals surface area contributed by atoms with Crippen LogP contribution in [0.2, 0.25) is 0 Å². The van der Waals surface area contributed by atoms with Gasteiger partial charge in [0.05, 0.1) is 6.61 Å². The van der Waals surface area contributed by atoms with Gasteiger partial charge in [0.25, 0.3) is 11.8 Å². The molecule has 3 aromatic rings. The van der Waals surface area contributed by atoms with Gasteiger partial charge in [-0.05, 0) is 62.8 Å². The van der Waals surface area contributed by atoms with E-state index in [1.165, 1.54) is 7.11 Å². The highest BCUT2D eigenvalue weighted by atomic mass is 16.5. The molecule has 0 bridgehead atoms. The average Bonchev–Trinajstić information content (AvgIpc) is 3.18. The van der Waals surface area contributed by atoms with Crippen molar-refractivity contribution in [2.75, 3.05) is 58.5 Å². The molecule has 2 heterocycles. The monoisotopic (exact) mass is 492 g/mol. The molecule has 8 nitrogen and oxygen atoms in total. The first-order chi connectivity index (χ1) is 17.4. The van der Waals surface area contributed by atoms with E-state index in [9.17, 15) is 9.59 Å². The molecule has 0 atom stereocenters. The molecule has 0 spiro atoms. The van der Waals surface area contributed by atoms with Crippen LogP contribution >= 0.6 is 0 Å². The number of amides is 2. The van der Waals surface area contributed by atoms with Crippen LogP contribution in [0.3, 0.4) is 0 Å². The van der Waals surface area contributed by atoms with Crippen molar-refractivity contribution in [3.8, 4) is 5.75 Å². The Bertz CT molecular complexity index is 1220. The Balaban J connectivity index is 1.70. The summed E-state index contributed by atoms with van der Waals surface area (Å²) in [5.74, 6) is 0.675. The fraction of sp³-hybridized carbons (Fsp3) is 0.429. The number of likely N-dealkylation sites (N-methyl/N-ethyl adjacent to an activating group) is 1. The number of fused-ring (bicyclic) bond motifs is 2. The number of ether oxygens (including phenoxy) is 2. The maximum Gasteiger partial charge on any atom is 0.270 e. The quantitative estimate of drug-likeness (QED) is 0.545. The van der Waals surface area contributed by atoms with Crippen molar-refractivity contribution in [3.63, 3.8) is 0 Å². The van der Waals surface area contributed by atoms with Crippen LogP contribution < -0.4 is 9.64 Å². The second-order valence-electron chi connectivity index (χ2n) is 9.23. The standard InChI is InChI=1S/C28H36N4O4/c1-5-36-23-11-12-24-22(17-23)18-26(30(24)3)28(34)31-16-15-29(2)13-8-14-32(27(33)20-35-4)25-10-7-6-9-21(25)19-31/h6-7,9-12,17-18H,5,8,13-16,19-20H2,1-4H3.